The highest BCUT2D eigenvalue weighted by Gasteiger charge is 2.21. The van der Waals surface area contributed by atoms with Crippen molar-refractivity contribution in [2.45, 2.75) is 213 Å². The Morgan fingerprint density at radius 3 is 1.41 bits per heavy atom. The fourth-order valence-corrected chi connectivity index (χ4v) is 7.11. The van der Waals surface area contributed by atoms with Crippen LogP contribution in [0.5, 0.6) is 0 Å². The molecule has 0 radical (unpaired) electrons. The summed E-state index contributed by atoms with van der Waals surface area (Å²) in [5.74, 6) is -0.845. The predicted molar refractivity (Wildman–Crippen MR) is 241 cm³/mol. The van der Waals surface area contributed by atoms with Gasteiger partial charge in [-0.25, -0.2) is 0 Å². The lowest BCUT2D eigenvalue weighted by atomic mass is 10.1. The molecule has 0 saturated heterocycles. The van der Waals surface area contributed by atoms with Gasteiger partial charge in [0.1, 0.15) is 19.8 Å². The van der Waals surface area contributed by atoms with Crippen LogP contribution in [-0.4, -0.2) is 70.0 Å². The summed E-state index contributed by atoms with van der Waals surface area (Å²) in [4.78, 5) is 37.6. The molecule has 2 unspecified atom stereocenters. The monoisotopic (exact) mass is 840 g/mol. The molecule has 0 fully saturated rings. The van der Waals surface area contributed by atoms with Crippen molar-refractivity contribution in [2.24, 2.45) is 0 Å². The summed E-state index contributed by atoms with van der Waals surface area (Å²) in [5, 5.41) is 0. The minimum Gasteiger partial charge on any atom is -0.756 e. The first kappa shape index (κ1) is 56.2. The summed E-state index contributed by atoms with van der Waals surface area (Å²) < 4.78 is 34.0. The first-order chi connectivity index (χ1) is 28.0. The molecule has 0 rings (SSSR count). The zero-order chi connectivity index (χ0) is 42.8. The number of nitrogens with zero attached hydrogens (tertiary/aromatic N) is 1. The molecular weight excluding hydrogens is 750 g/mol. The number of phosphoric ester groups is 1. The minimum atomic E-state index is -4.63. The molecule has 0 bridgehead atoms. The van der Waals surface area contributed by atoms with Crippen molar-refractivity contribution in [3.05, 3.63) is 36.5 Å². The van der Waals surface area contributed by atoms with E-state index in [4.69, 9.17) is 18.5 Å². The third kappa shape index (κ3) is 43.8. The number of hydrogen-bond acceptors (Lipinski definition) is 8. The number of phosphoric acid groups is 1. The third-order valence-corrected chi connectivity index (χ3v) is 11.1. The van der Waals surface area contributed by atoms with Gasteiger partial charge in [0, 0.05) is 12.8 Å². The van der Waals surface area contributed by atoms with Gasteiger partial charge in [0.25, 0.3) is 7.82 Å². The Hall–Kier alpha value is -1.77. The van der Waals surface area contributed by atoms with E-state index in [1.165, 1.54) is 109 Å². The maximum absolute atomic E-state index is 12.7. The second kappa shape index (κ2) is 40.6. The Morgan fingerprint density at radius 1 is 0.534 bits per heavy atom. The van der Waals surface area contributed by atoms with Gasteiger partial charge in [0.2, 0.25) is 0 Å². The summed E-state index contributed by atoms with van der Waals surface area (Å²) in [7, 11) is 1.16. The second-order valence-corrected chi connectivity index (χ2v) is 18.5. The van der Waals surface area contributed by atoms with Gasteiger partial charge in [-0.05, 0) is 70.6 Å². The molecule has 58 heavy (non-hydrogen) atoms. The number of esters is 2. The number of unbranched alkanes of at least 4 members (excludes halogenated alkanes) is 23. The van der Waals surface area contributed by atoms with E-state index in [2.05, 4.69) is 50.3 Å². The summed E-state index contributed by atoms with van der Waals surface area (Å²) in [6, 6.07) is 0. The molecule has 0 aromatic heterocycles. The zero-order valence-corrected chi connectivity index (χ0v) is 39.1. The van der Waals surface area contributed by atoms with Gasteiger partial charge in [-0.1, -0.05) is 159 Å². The SMILES string of the molecule is CCCCC/C=C\C/C=C\CCCCCCCCCC(=O)OC(COC(=O)CCCCCCCCC/C=C\CCCCCCCC)COP(=O)([O-])OCC[N+](C)(C)C. The maximum Gasteiger partial charge on any atom is 0.306 e. The van der Waals surface area contributed by atoms with E-state index in [0.29, 0.717) is 17.4 Å². The van der Waals surface area contributed by atoms with Crippen molar-refractivity contribution in [2.75, 3.05) is 47.5 Å². The highest BCUT2D eigenvalue weighted by Crippen LogP contribution is 2.38. The largest absolute Gasteiger partial charge is 0.756 e. The topological polar surface area (TPSA) is 111 Å². The summed E-state index contributed by atoms with van der Waals surface area (Å²) in [6.45, 7) is 4.20. The van der Waals surface area contributed by atoms with Crippen LogP contribution in [0.2, 0.25) is 0 Å². The number of ether oxygens (including phenoxy) is 2. The van der Waals surface area contributed by atoms with Gasteiger partial charge < -0.3 is 27.9 Å². The molecule has 0 aliphatic heterocycles. The molecule has 0 aromatic rings. The number of likely N-dealkylation sites (N-methyl/N-ethyl adjacent to an activating group) is 1. The van der Waals surface area contributed by atoms with Crippen LogP contribution in [-0.2, 0) is 32.7 Å². The van der Waals surface area contributed by atoms with E-state index in [9.17, 15) is 19.0 Å². The average Bonchev–Trinajstić information content (AvgIpc) is 3.17. The van der Waals surface area contributed by atoms with Crippen LogP contribution >= 0.6 is 7.82 Å². The average molecular weight is 840 g/mol. The summed E-state index contributed by atoms with van der Waals surface area (Å²) >= 11 is 0. The number of allylic oxidation sites excluding steroid dienone is 6. The van der Waals surface area contributed by atoms with Crippen molar-refractivity contribution in [3.8, 4) is 0 Å². The first-order valence-electron chi connectivity index (χ1n) is 23.7. The Balaban J connectivity index is 4.33. The van der Waals surface area contributed by atoms with Crippen molar-refractivity contribution in [1.82, 2.24) is 0 Å². The Morgan fingerprint density at radius 2 is 0.931 bits per heavy atom. The van der Waals surface area contributed by atoms with Crippen LogP contribution < -0.4 is 4.89 Å². The number of carbonyl (C=O) groups excluding carboxylic acids is 2. The minimum absolute atomic E-state index is 0.0331. The zero-order valence-electron chi connectivity index (χ0n) is 38.2. The van der Waals surface area contributed by atoms with Crippen molar-refractivity contribution in [1.29, 1.82) is 0 Å². The molecule has 0 aliphatic carbocycles. The fourth-order valence-electron chi connectivity index (χ4n) is 6.39. The van der Waals surface area contributed by atoms with Crippen molar-refractivity contribution in [3.63, 3.8) is 0 Å². The third-order valence-electron chi connectivity index (χ3n) is 10.1. The lowest BCUT2D eigenvalue weighted by Gasteiger charge is -2.28. The lowest BCUT2D eigenvalue weighted by Crippen LogP contribution is -2.37. The van der Waals surface area contributed by atoms with Crippen LogP contribution in [0, 0.1) is 0 Å². The molecule has 9 nitrogen and oxygen atoms in total. The predicted octanol–water partition coefficient (Wildman–Crippen LogP) is 13.1. The van der Waals surface area contributed by atoms with Crippen LogP contribution in [0.15, 0.2) is 36.5 Å². The molecule has 0 heterocycles. The van der Waals surface area contributed by atoms with E-state index < -0.39 is 26.5 Å². The van der Waals surface area contributed by atoms with Crippen molar-refractivity contribution < 1.29 is 42.1 Å². The molecule has 10 heteroatoms. The standard InChI is InChI=1S/C48H90NO8P/c1-6-8-10-12-14-16-18-20-22-24-26-28-30-32-34-36-38-40-47(50)54-44-46(45-56-58(52,53)55-43-42-49(3,4)5)57-48(51)41-39-37-35-33-31-29-27-25-23-21-19-17-15-13-11-9-7-2/h15,17,20-23,46H,6-14,16,18-19,24-45H2,1-5H3/b17-15-,22-20-,23-21-. The lowest BCUT2D eigenvalue weighted by molar-refractivity contribution is -0.870. The van der Waals surface area contributed by atoms with Gasteiger partial charge in [-0.15, -0.1) is 0 Å². The molecule has 340 valence electrons. The molecule has 0 saturated carbocycles. The quantitative estimate of drug-likeness (QED) is 0.0196. The molecule has 2 atom stereocenters. The van der Waals surface area contributed by atoms with Gasteiger partial charge >= 0.3 is 11.9 Å². The van der Waals surface area contributed by atoms with Gasteiger partial charge in [0.15, 0.2) is 6.10 Å². The normalized spacial score (nSPS) is 13.8. The molecule has 0 aliphatic rings. The number of hydrogen-bond donors (Lipinski definition) is 0. The number of rotatable bonds is 43. The van der Waals surface area contributed by atoms with Gasteiger partial charge in [-0.2, -0.15) is 0 Å². The van der Waals surface area contributed by atoms with E-state index in [0.717, 1.165) is 64.2 Å². The fraction of sp³-hybridized carbons (Fsp3) is 0.833. The summed E-state index contributed by atoms with van der Waals surface area (Å²) in [5.41, 5.74) is 0. The molecule has 0 N–H and O–H groups in total. The van der Waals surface area contributed by atoms with Crippen molar-refractivity contribution >= 4 is 19.8 Å². The van der Waals surface area contributed by atoms with E-state index in [-0.39, 0.29) is 32.0 Å². The Labute approximate surface area is 357 Å². The van der Waals surface area contributed by atoms with Crippen LogP contribution in [0.4, 0.5) is 0 Å². The Bertz CT molecular complexity index is 1090. The smallest absolute Gasteiger partial charge is 0.306 e. The molecule has 0 amide bonds. The van der Waals surface area contributed by atoms with E-state index in [1.54, 1.807) is 0 Å². The second-order valence-electron chi connectivity index (χ2n) is 17.1. The van der Waals surface area contributed by atoms with E-state index in [1.807, 2.05) is 21.1 Å². The highest BCUT2D eigenvalue weighted by atomic mass is 31.2. The first-order valence-corrected chi connectivity index (χ1v) is 25.2. The van der Waals surface area contributed by atoms with Gasteiger partial charge in [0.05, 0.1) is 27.7 Å². The highest BCUT2D eigenvalue weighted by molar-refractivity contribution is 7.45. The maximum atomic E-state index is 12.7. The van der Waals surface area contributed by atoms with E-state index >= 15 is 0 Å². The van der Waals surface area contributed by atoms with Crippen LogP contribution in [0.25, 0.3) is 0 Å². The van der Waals surface area contributed by atoms with Crippen LogP contribution in [0.1, 0.15) is 206 Å². The summed E-state index contributed by atoms with van der Waals surface area (Å²) in [6.07, 6.45) is 45.9. The van der Waals surface area contributed by atoms with Gasteiger partial charge in [-0.3, -0.25) is 14.2 Å². The molecule has 0 aromatic carbocycles. The van der Waals surface area contributed by atoms with Crippen LogP contribution in [0.3, 0.4) is 0 Å². The molecular formula is C48H90NO8P. The molecule has 0 spiro atoms. The Kier molecular flexibility index (Phi) is 39.4. The number of carbonyl (C=O) groups is 2. The number of quaternary nitrogens is 1.